The van der Waals surface area contributed by atoms with Gasteiger partial charge in [-0.1, -0.05) is 32.0 Å². The number of benzene rings is 1. The first-order chi connectivity index (χ1) is 6.79. The molecular weight excluding hydrogens is 180 g/mol. The molecule has 0 aromatic heterocycles. The number of azo groups is 2. The van der Waals surface area contributed by atoms with Crippen LogP contribution in [0.25, 0.3) is 0 Å². The SMILES string of the molecule is CC.O=C(O)[N+]1=NCc2ccccc21. The highest BCUT2D eigenvalue weighted by atomic mass is 16.4. The lowest BCUT2D eigenvalue weighted by Crippen LogP contribution is -2.08. The van der Waals surface area contributed by atoms with Gasteiger partial charge in [0.2, 0.25) is 0 Å². The van der Waals surface area contributed by atoms with Gasteiger partial charge in [-0.25, -0.2) is 0 Å². The Bertz CT molecular complexity index is 372. The smallest absolute Gasteiger partial charge is 0.425 e. The molecule has 0 bridgehead atoms. The second-order valence-corrected chi connectivity index (χ2v) is 2.52. The zero-order valence-corrected chi connectivity index (χ0v) is 8.27. The summed E-state index contributed by atoms with van der Waals surface area (Å²) in [7, 11) is 0. The highest BCUT2D eigenvalue weighted by molar-refractivity contribution is 5.60. The van der Waals surface area contributed by atoms with Gasteiger partial charge in [0.15, 0.2) is 0 Å². The summed E-state index contributed by atoms with van der Waals surface area (Å²) in [4.78, 5) is 10.6. The van der Waals surface area contributed by atoms with Gasteiger partial charge in [-0.3, -0.25) is 0 Å². The molecule has 0 fully saturated rings. The summed E-state index contributed by atoms with van der Waals surface area (Å²) >= 11 is 0. The lowest BCUT2D eigenvalue weighted by atomic mass is 10.2. The zero-order chi connectivity index (χ0) is 10.6. The van der Waals surface area contributed by atoms with Crippen molar-refractivity contribution in [1.29, 1.82) is 0 Å². The van der Waals surface area contributed by atoms with Gasteiger partial charge >= 0.3 is 6.09 Å². The van der Waals surface area contributed by atoms with Crippen molar-refractivity contribution < 1.29 is 14.6 Å². The Hall–Kier alpha value is -1.71. The molecule has 4 nitrogen and oxygen atoms in total. The summed E-state index contributed by atoms with van der Waals surface area (Å²) in [6.07, 6.45) is -1.03. The van der Waals surface area contributed by atoms with Gasteiger partial charge in [-0.2, -0.15) is 4.79 Å². The van der Waals surface area contributed by atoms with E-state index < -0.39 is 6.09 Å². The Kier molecular flexibility index (Phi) is 3.34. The summed E-state index contributed by atoms with van der Waals surface area (Å²) < 4.78 is 1.01. The third kappa shape index (κ3) is 1.79. The van der Waals surface area contributed by atoms with Crippen LogP contribution in [0.15, 0.2) is 29.4 Å². The molecule has 0 aliphatic carbocycles. The number of amides is 1. The van der Waals surface area contributed by atoms with Gasteiger partial charge < -0.3 is 5.11 Å². The molecule has 4 heteroatoms. The minimum absolute atomic E-state index is 0.461. The second-order valence-electron chi connectivity index (χ2n) is 2.52. The van der Waals surface area contributed by atoms with E-state index in [1.807, 2.05) is 26.0 Å². The van der Waals surface area contributed by atoms with Crippen LogP contribution in [0.5, 0.6) is 0 Å². The van der Waals surface area contributed by atoms with Crippen molar-refractivity contribution in [3.63, 3.8) is 0 Å². The maximum Gasteiger partial charge on any atom is 0.626 e. The van der Waals surface area contributed by atoms with Crippen LogP contribution in [0.2, 0.25) is 0 Å². The number of hydrogen-bond donors (Lipinski definition) is 1. The van der Waals surface area contributed by atoms with E-state index in [2.05, 4.69) is 5.11 Å². The van der Waals surface area contributed by atoms with E-state index in [1.165, 1.54) is 0 Å². The Morgan fingerprint density at radius 2 is 2.07 bits per heavy atom. The molecule has 1 N–H and O–H groups in total. The fourth-order valence-electron chi connectivity index (χ4n) is 1.24. The van der Waals surface area contributed by atoms with Gasteiger partial charge in [-0.05, 0) is 5.11 Å². The molecule has 1 aliphatic heterocycles. The van der Waals surface area contributed by atoms with Crippen molar-refractivity contribution in [3.05, 3.63) is 29.8 Å². The number of nitrogens with zero attached hydrogens (tertiary/aromatic N) is 2. The summed E-state index contributed by atoms with van der Waals surface area (Å²) in [6, 6.07) is 7.30. The Balaban J connectivity index is 0.000000461. The van der Waals surface area contributed by atoms with Crippen LogP contribution in [0, 0.1) is 0 Å². The second kappa shape index (κ2) is 4.50. The molecule has 1 aromatic carbocycles. The van der Waals surface area contributed by atoms with Crippen molar-refractivity contribution in [3.8, 4) is 0 Å². The number of carboxylic acid groups (broad SMARTS) is 1. The predicted molar refractivity (Wildman–Crippen MR) is 51.9 cm³/mol. The first-order valence-corrected chi connectivity index (χ1v) is 4.57. The Labute approximate surface area is 82.5 Å². The largest absolute Gasteiger partial charge is 0.626 e. The molecule has 0 saturated carbocycles. The van der Waals surface area contributed by atoms with Crippen molar-refractivity contribution in [2.75, 3.05) is 0 Å². The van der Waals surface area contributed by atoms with E-state index in [0.717, 1.165) is 10.3 Å². The first kappa shape index (κ1) is 10.4. The average molecular weight is 193 g/mol. The van der Waals surface area contributed by atoms with Crippen molar-refractivity contribution in [2.45, 2.75) is 20.4 Å². The third-order valence-electron chi connectivity index (χ3n) is 1.78. The molecule has 0 saturated heterocycles. The van der Waals surface area contributed by atoms with Crippen LogP contribution in [-0.2, 0) is 6.54 Å². The van der Waals surface area contributed by atoms with E-state index in [9.17, 15) is 4.79 Å². The molecule has 2 rings (SSSR count). The monoisotopic (exact) mass is 193 g/mol. The van der Waals surface area contributed by atoms with Gasteiger partial charge in [0, 0.05) is 10.8 Å². The van der Waals surface area contributed by atoms with Gasteiger partial charge in [0.1, 0.15) is 6.54 Å². The van der Waals surface area contributed by atoms with Crippen molar-refractivity contribution >= 4 is 11.8 Å². The van der Waals surface area contributed by atoms with E-state index in [4.69, 9.17) is 5.11 Å². The standard InChI is InChI=1S/C8H6N2O2.C2H6/c11-8(12)10-7-4-2-1-3-6(7)5-9-10;1-2/h1-4H,5H2;1-2H3/p+1. The minimum atomic E-state index is -1.03. The molecule has 1 aliphatic rings. The molecule has 0 unspecified atom stereocenters. The molecule has 14 heavy (non-hydrogen) atoms. The maximum atomic E-state index is 10.6. The summed E-state index contributed by atoms with van der Waals surface area (Å²) in [6.45, 7) is 4.46. The number of hydrogen-bond acceptors (Lipinski definition) is 2. The molecule has 0 atom stereocenters. The minimum Gasteiger partial charge on any atom is -0.425 e. The van der Waals surface area contributed by atoms with E-state index in [0.29, 0.717) is 12.2 Å². The van der Waals surface area contributed by atoms with E-state index in [1.54, 1.807) is 12.1 Å². The Morgan fingerprint density at radius 1 is 1.43 bits per heavy atom. The fraction of sp³-hybridized carbons (Fsp3) is 0.300. The quantitative estimate of drug-likeness (QED) is 0.644. The molecule has 1 heterocycles. The summed E-state index contributed by atoms with van der Waals surface area (Å²) in [5.74, 6) is 0. The fourth-order valence-corrected chi connectivity index (χ4v) is 1.24. The van der Waals surface area contributed by atoms with E-state index >= 15 is 0 Å². The number of rotatable bonds is 0. The van der Waals surface area contributed by atoms with Crippen LogP contribution in [0.3, 0.4) is 0 Å². The molecule has 0 spiro atoms. The highest BCUT2D eigenvalue weighted by Gasteiger charge is 2.30. The third-order valence-corrected chi connectivity index (χ3v) is 1.78. The maximum absolute atomic E-state index is 10.6. The molecule has 0 radical (unpaired) electrons. The lowest BCUT2D eigenvalue weighted by Gasteiger charge is -1.88. The van der Waals surface area contributed by atoms with Crippen LogP contribution in [0.1, 0.15) is 19.4 Å². The molecular formula is C10H13N2O2+. The molecule has 1 aromatic rings. The van der Waals surface area contributed by atoms with Crippen molar-refractivity contribution in [1.82, 2.24) is 0 Å². The van der Waals surface area contributed by atoms with Gasteiger partial charge in [0.05, 0.1) is 5.56 Å². The normalized spacial score (nSPS) is 12.3. The van der Waals surface area contributed by atoms with Crippen LogP contribution in [0.4, 0.5) is 10.5 Å². The van der Waals surface area contributed by atoms with Crippen LogP contribution >= 0.6 is 0 Å². The predicted octanol–water partition coefficient (Wildman–Crippen LogP) is 3.00. The van der Waals surface area contributed by atoms with Crippen LogP contribution in [-0.4, -0.2) is 15.9 Å². The highest BCUT2D eigenvalue weighted by Crippen LogP contribution is 2.25. The molecule has 1 amide bonds. The van der Waals surface area contributed by atoms with Gasteiger partial charge in [-0.15, -0.1) is 0 Å². The van der Waals surface area contributed by atoms with Gasteiger partial charge in [0.25, 0.3) is 5.69 Å². The number of carbonyl (C=O) groups is 1. The van der Waals surface area contributed by atoms with E-state index in [-0.39, 0.29) is 0 Å². The average Bonchev–Trinajstić information content (AvgIpc) is 2.64. The summed E-state index contributed by atoms with van der Waals surface area (Å²) in [5.41, 5.74) is 1.63. The topological polar surface area (TPSA) is 52.7 Å². The Morgan fingerprint density at radius 3 is 2.71 bits per heavy atom. The lowest BCUT2D eigenvalue weighted by molar-refractivity contribution is -0.422. The zero-order valence-electron chi connectivity index (χ0n) is 8.27. The summed E-state index contributed by atoms with van der Waals surface area (Å²) in [5, 5.41) is 12.5. The first-order valence-electron chi connectivity index (χ1n) is 4.57. The van der Waals surface area contributed by atoms with Crippen LogP contribution < -0.4 is 0 Å². The molecule has 74 valence electrons. The number of para-hydroxylation sites is 1. The van der Waals surface area contributed by atoms with Crippen molar-refractivity contribution in [2.24, 2.45) is 5.11 Å². The number of fused-ring (bicyclic) bond motifs is 1.